The van der Waals surface area contributed by atoms with Gasteiger partial charge in [0.25, 0.3) is 6.43 Å². The number of hydrogen-bond acceptors (Lipinski definition) is 4. The summed E-state index contributed by atoms with van der Waals surface area (Å²) in [6, 6.07) is 12.6. The maximum atomic E-state index is 12.9. The molecule has 0 bridgehead atoms. The Morgan fingerprint density at radius 2 is 1.55 bits per heavy atom. The van der Waals surface area contributed by atoms with E-state index in [2.05, 4.69) is 5.32 Å². The maximum absolute atomic E-state index is 12.9. The number of hydrogen-bond donors (Lipinski definition) is 3. The molecule has 0 saturated carbocycles. The van der Waals surface area contributed by atoms with E-state index >= 15 is 0 Å². The summed E-state index contributed by atoms with van der Waals surface area (Å²) in [4.78, 5) is 34.9. The first-order chi connectivity index (χ1) is 14.8. The van der Waals surface area contributed by atoms with Crippen molar-refractivity contribution in [3.05, 3.63) is 59.7 Å². The van der Waals surface area contributed by atoms with E-state index in [1.165, 1.54) is 6.92 Å². The molecule has 2 atom stereocenters. The van der Waals surface area contributed by atoms with Gasteiger partial charge in [0.2, 0.25) is 5.91 Å². The van der Waals surface area contributed by atoms with E-state index in [1.807, 2.05) is 53.8 Å². The van der Waals surface area contributed by atoms with Gasteiger partial charge in [-0.15, -0.1) is 0 Å². The number of carboxylic acids is 1. The van der Waals surface area contributed by atoms with Crippen LogP contribution in [0.25, 0.3) is 11.1 Å². The first-order valence-electron chi connectivity index (χ1n) is 9.69. The Hall–Kier alpha value is -3.49. The number of carboxylic acid groups (broad SMARTS) is 1. The molecule has 2 amide bonds. The molecular formula is C22H22F2N2O5. The molecule has 9 heteroatoms. The van der Waals surface area contributed by atoms with Gasteiger partial charge in [-0.1, -0.05) is 48.5 Å². The fourth-order valence-corrected chi connectivity index (χ4v) is 3.58. The number of benzene rings is 2. The Labute approximate surface area is 177 Å². The number of nitrogens with one attached hydrogen (secondary N) is 2. The van der Waals surface area contributed by atoms with Crippen LogP contribution >= 0.6 is 0 Å². The van der Waals surface area contributed by atoms with Gasteiger partial charge in [-0.25, -0.2) is 13.6 Å². The Morgan fingerprint density at radius 3 is 2.06 bits per heavy atom. The highest BCUT2D eigenvalue weighted by Crippen LogP contribution is 2.44. The molecule has 0 fully saturated rings. The molecule has 7 nitrogen and oxygen atoms in total. The number of fused-ring (bicyclic) bond motifs is 3. The average Bonchev–Trinajstić information content (AvgIpc) is 3.05. The van der Waals surface area contributed by atoms with E-state index in [1.54, 1.807) is 0 Å². The van der Waals surface area contributed by atoms with E-state index in [-0.39, 0.29) is 12.5 Å². The van der Waals surface area contributed by atoms with Crippen molar-refractivity contribution in [1.82, 2.24) is 10.6 Å². The summed E-state index contributed by atoms with van der Waals surface area (Å²) in [7, 11) is 0. The van der Waals surface area contributed by atoms with E-state index in [0.29, 0.717) is 0 Å². The Balaban J connectivity index is 1.58. The maximum Gasteiger partial charge on any atom is 0.407 e. The number of rotatable bonds is 8. The molecule has 2 unspecified atom stereocenters. The first kappa shape index (κ1) is 22.2. The molecular weight excluding hydrogens is 410 g/mol. The van der Waals surface area contributed by atoms with Crippen LogP contribution in [0.3, 0.4) is 0 Å². The summed E-state index contributed by atoms with van der Waals surface area (Å²) in [6.07, 6.45) is -4.86. The second kappa shape index (κ2) is 9.55. The molecule has 2 aromatic rings. The highest BCUT2D eigenvalue weighted by atomic mass is 19.3. The molecule has 1 aliphatic carbocycles. The number of carbonyl (C=O) groups excluding carboxylic acids is 2. The van der Waals surface area contributed by atoms with Gasteiger partial charge < -0.3 is 20.5 Å². The summed E-state index contributed by atoms with van der Waals surface area (Å²) in [5, 5.41) is 12.9. The lowest BCUT2D eigenvalue weighted by Gasteiger charge is -2.20. The standard InChI is InChI=1S/C22H22F2N2O5/c1-12(21(29)26-18(20(23)24)10-19(27)28)25-22(30)31-11-17-15-8-4-2-6-13(15)14-7-3-5-9-16(14)17/h2-9,12,17-18,20H,10-11H2,1H3,(H,25,30)(H,26,29)(H,27,28). The fraction of sp³-hybridized carbons (Fsp3) is 0.318. The van der Waals surface area contributed by atoms with Gasteiger partial charge in [0.1, 0.15) is 18.7 Å². The zero-order valence-corrected chi connectivity index (χ0v) is 16.7. The molecule has 0 spiro atoms. The molecule has 0 heterocycles. The van der Waals surface area contributed by atoms with Crippen molar-refractivity contribution in [1.29, 1.82) is 0 Å². The van der Waals surface area contributed by atoms with Crippen LogP contribution in [0.5, 0.6) is 0 Å². The lowest BCUT2D eigenvalue weighted by atomic mass is 9.98. The number of carbonyl (C=O) groups is 3. The van der Waals surface area contributed by atoms with Gasteiger partial charge in [0.15, 0.2) is 0 Å². The minimum absolute atomic E-state index is 0.0346. The van der Waals surface area contributed by atoms with Gasteiger partial charge in [-0.3, -0.25) is 9.59 Å². The first-order valence-corrected chi connectivity index (χ1v) is 9.69. The third-order valence-corrected chi connectivity index (χ3v) is 5.10. The van der Waals surface area contributed by atoms with Crippen LogP contribution in [0.4, 0.5) is 13.6 Å². The van der Waals surface area contributed by atoms with Gasteiger partial charge >= 0.3 is 12.1 Å². The minimum atomic E-state index is -3.05. The number of ether oxygens (including phenoxy) is 1. The summed E-state index contributed by atoms with van der Waals surface area (Å²) < 4.78 is 31.1. The normalized spacial score (nSPS) is 14.3. The van der Waals surface area contributed by atoms with Crippen LogP contribution in [0.2, 0.25) is 0 Å². The second-order valence-corrected chi connectivity index (χ2v) is 7.24. The number of alkyl carbamates (subject to hydrolysis) is 1. The summed E-state index contributed by atoms with van der Waals surface area (Å²) in [5.41, 5.74) is 4.18. The largest absolute Gasteiger partial charge is 0.481 e. The minimum Gasteiger partial charge on any atom is -0.481 e. The molecule has 31 heavy (non-hydrogen) atoms. The van der Waals surface area contributed by atoms with Gasteiger partial charge in [0.05, 0.1) is 6.42 Å². The predicted molar refractivity (Wildman–Crippen MR) is 108 cm³/mol. The van der Waals surface area contributed by atoms with Crippen molar-refractivity contribution in [2.75, 3.05) is 6.61 Å². The number of aliphatic carboxylic acids is 1. The van der Waals surface area contributed by atoms with Gasteiger partial charge in [-0.05, 0) is 29.2 Å². The molecule has 0 radical (unpaired) electrons. The molecule has 3 N–H and O–H groups in total. The number of alkyl halides is 2. The van der Waals surface area contributed by atoms with Crippen molar-refractivity contribution in [2.24, 2.45) is 0 Å². The Bertz CT molecular complexity index is 936. The average molecular weight is 432 g/mol. The van der Waals surface area contributed by atoms with Crippen LogP contribution in [0.15, 0.2) is 48.5 Å². The molecule has 2 aromatic carbocycles. The zero-order chi connectivity index (χ0) is 22.5. The number of halogens is 2. The molecule has 0 aliphatic heterocycles. The summed E-state index contributed by atoms with van der Waals surface area (Å²) in [6.45, 7) is 1.33. The van der Waals surface area contributed by atoms with E-state index in [4.69, 9.17) is 9.84 Å². The second-order valence-electron chi connectivity index (χ2n) is 7.24. The van der Waals surface area contributed by atoms with Crippen LogP contribution in [-0.4, -0.2) is 48.2 Å². The van der Waals surface area contributed by atoms with Crippen molar-refractivity contribution in [3.63, 3.8) is 0 Å². The summed E-state index contributed by atoms with van der Waals surface area (Å²) >= 11 is 0. The highest BCUT2D eigenvalue weighted by Gasteiger charge is 2.30. The van der Waals surface area contributed by atoms with Crippen molar-refractivity contribution in [2.45, 2.75) is 37.8 Å². The molecule has 3 rings (SSSR count). The van der Waals surface area contributed by atoms with Gasteiger partial charge in [0, 0.05) is 5.92 Å². The van der Waals surface area contributed by atoms with E-state index in [0.717, 1.165) is 22.3 Å². The zero-order valence-electron chi connectivity index (χ0n) is 16.7. The molecule has 164 valence electrons. The van der Waals surface area contributed by atoms with Crippen LogP contribution < -0.4 is 10.6 Å². The highest BCUT2D eigenvalue weighted by molar-refractivity contribution is 5.86. The molecule has 0 aromatic heterocycles. The monoisotopic (exact) mass is 432 g/mol. The quantitative estimate of drug-likeness (QED) is 0.595. The molecule has 1 aliphatic rings. The summed E-state index contributed by atoms with van der Waals surface area (Å²) in [5.74, 6) is -2.57. The van der Waals surface area contributed by atoms with E-state index < -0.39 is 42.9 Å². The van der Waals surface area contributed by atoms with Crippen molar-refractivity contribution in [3.8, 4) is 11.1 Å². The lowest BCUT2D eigenvalue weighted by molar-refractivity contribution is -0.139. The third kappa shape index (κ3) is 5.17. The lowest BCUT2D eigenvalue weighted by Crippen LogP contribution is -2.50. The van der Waals surface area contributed by atoms with Crippen molar-refractivity contribution < 1.29 is 33.0 Å². The molecule has 0 saturated heterocycles. The fourth-order valence-electron chi connectivity index (χ4n) is 3.58. The van der Waals surface area contributed by atoms with Crippen LogP contribution in [-0.2, 0) is 14.3 Å². The van der Waals surface area contributed by atoms with Crippen LogP contribution in [0.1, 0.15) is 30.4 Å². The topological polar surface area (TPSA) is 105 Å². The van der Waals surface area contributed by atoms with Gasteiger partial charge in [-0.2, -0.15) is 0 Å². The van der Waals surface area contributed by atoms with Crippen molar-refractivity contribution >= 4 is 18.0 Å². The predicted octanol–water partition coefficient (Wildman–Crippen LogP) is 3.14. The Morgan fingerprint density at radius 1 is 1.00 bits per heavy atom. The van der Waals surface area contributed by atoms with E-state index in [9.17, 15) is 23.2 Å². The number of amides is 2. The third-order valence-electron chi connectivity index (χ3n) is 5.10. The SMILES string of the molecule is CC(NC(=O)OCC1c2ccccc2-c2ccccc21)C(=O)NC(CC(=O)O)C(F)F. The Kier molecular flexibility index (Phi) is 6.84. The smallest absolute Gasteiger partial charge is 0.407 e. The van der Waals surface area contributed by atoms with Crippen LogP contribution in [0, 0.1) is 0 Å².